The lowest BCUT2D eigenvalue weighted by Gasteiger charge is -2.18. The maximum absolute atomic E-state index is 3.78. The van der Waals surface area contributed by atoms with Crippen LogP contribution < -0.4 is 5.32 Å². The average Bonchev–Trinajstić information content (AvgIpc) is 3.09. The summed E-state index contributed by atoms with van der Waals surface area (Å²) in [5.74, 6) is 1.37. The zero-order valence-electron chi connectivity index (χ0n) is 11.6. The van der Waals surface area contributed by atoms with E-state index < -0.39 is 0 Å². The first-order chi connectivity index (χ1) is 9.40. The summed E-state index contributed by atoms with van der Waals surface area (Å²) in [6.07, 6.45) is 4.14. The molecule has 2 aliphatic heterocycles. The minimum Gasteiger partial charge on any atom is -0.312 e. The van der Waals surface area contributed by atoms with Gasteiger partial charge in [-0.15, -0.1) is 0 Å². The van der Waals surface area contributed by atoms with Gasteiger partial charge in [0.05, 0.1) is 0 Å². The number of benzene rings is 1. The van der Waals surface area contributed by atoms with Gasteiger partial charge in [-0.05, 0) is 30.6 Å². The molecule has 19 heavy (non-hydrogen) atoms. The largest absolute Gasteiger partial charge is 0.312 e. The molecule has 3 rings (SSSR count). The fourth-order valence-electron chi connectivity index (χ4n) is 3.09. The molecule has 2 nitrogen and oxygen atoms in total. The van der Waals surface area contributed by atoms with Crippen molar-refractivity contribution in [2.45, 2.75) is 37.1 Å². The van der Waals surface area contributed by atoms with Gasteiger partial charge in [0.15, 0.2) is 0 Å². The Hall–Kier alpha value is -0.510. The molecule has 1 aromatic rings. The van der Waals surface area contributed by atoms with Gasteiger partial charge >= 0.3 is 0 Å². The Morgan fingerprint density at radius 3 is 2.89 bits per heavy atom. The van der Waals surface area contributed by atoms with E-state index in [1.165, 1.54) is 50.2 Å². The van der Waals surface area contributed by atoms with Crippen LogP contribution >= 0.6 is 11.8 Å². The highest BCUT2D eigenvalue weighted by Crippen LogP contribution is 2.25. The topological polar surface area (TPSA) is 15.3 Å². The lowest BCUT2D eigenvalue weighted by Crippen LogP contribution is -2.36. The van der Waals surface area contributed by atoms with Gasteiger partial charge in [-0.1, -0.05) is 30.3 Å². The molecule has 2 fully saturated rings. The summed E-state index contributed by atoms with van der Waals surface area (Å²) in [5, 5.41) is 4.65. The number of nitrogens with one attached hydrogen (secondary N) is 1. The van der Waals surface area contributed by atoms with Crippen LogP contribution in [0.25, 0.3) is 0 Å². The van der Waals surface area contributed by atoms with Gasteiger partial charge < -0.3 is 5.32 Å². The predicted molar refractivity (Wildman–Crippen MR) is 83.6 cm³/mol. The van der Waals surface area contributed by atoms with Gasteiger partial charge in [-0.25, -0.2) is 0 Å². The van der Waals surface area contributed by atoms with Gasteiger partial charge in [-0.3, -0.25) is 4.90 Å². The van der Waals surface area contributed by atoms with Crippen molar-refractivity contribution < 1.29 is 0 Å². The lowest BCUT2D eigenvalue weighted by molar-refractivity contribution is 0.320. The molecule has 0 radical (unpaired) electrons. The lowest BCUT2D eigenvalue weighted by atomic mass is 10.2. The van der Waals surface area contributed by atoms with E-state index in [4.69, 9.17) is 0 Å². The Morgan fingerprint density at radius 2 is 2.11 bits per heavy atom. The molecule has 2 unspecified atom stereocenters. The number of thioether (sulfide) groups is 1. The standard InChI is InChI=1S/C16H24N2S/c1-2-5-14(6-3-1)12-18-9-8-15(13-18)17-11-16-7-4-10-19-16/h1-3,5-6,15-17H,4,7-13H2. The van der Waals surface area contributed by atoms with Crippen LogP contribution in [0.1, 0.15) is 24.8 Å². The predicted octanol–water partition coefficient (Wildman–Crippen LogP) is 2.75. The molecule has 0 spiro atoms. The summed E-state index contributed by atoms with van der Waals surface area (Å²) in [4.78, 5) is 2.58. The Bertz CT molecular complexity index is 376. The maximum Gasteiger partial charge on any atom is 0.0234 e. The van der Waals surface area contributed by atoms with Crippen LogP contribution in [0, 0.1) is 0 Å². The molecule has 0 bridgehead atoms. The van der Waals surface area contributed by atoms with Crippen LogP contribution in [0.15, 0.2) is 30.3 Å². The number of nitrogens with zero attached hydrogens (tertiary/aromatic N) is 1. The second kappa shape index (κ2) is 6.78. The van der Waals surface area contributed by atoms with E-state index in [1.54, 1.807) is 0 Å². The minimum absolute atomic E-state index is 0.713. The normalized spacial score (nSPS) is 28.0. The summed E-state index contributed by atoms with van der Waals surface area (Å²) >= 11 is 2.15. The highest BCUT2D eigenvalue weighted by molar-refractivity contribution is 8.00. The second-order valence-corrected chi connectivity index (χ2v) is 7.16. The molecular formula is C16H24N2S. The van der Waals surface area contributed by atoms with Gasteiger partial charge in [-0.2, -0.15) is 11.8 Å². The molecule has 104 valence electrons. The first-order valence-corrected chi connectivity index (χ1v) is 8.56. The van der Waals surface area contributed by atoms with Crippen LogP contribution in [0.5, 0.6) is 0 Å². The summed E-state index contributed by atoms with van der Waals surface area (Å²) in [6.45, 7) is 4.78. The number of rotatable bonds is 5. The average molecular weight is 276 g/mol. The number of likely N-dealkylation sites (tertiary alicyclic amines) is 1. The number of hydrogen-bond acceptors (Lipinski definition) is 3. The zero-order chi connectivity index (χ0) is 12.9. The van der Waals surface area contributed by atoms with Gasteiger partial charge in [0.2, 0.25) is 0 Å². The van der Waals surface area contributed by atoms with Crippen molar-refractivity contribution in [1.82, 2.24) is 10.2 Å². The SMILES string of the molecule is c1ccc(CN2CCC(NCC3CCCS3)C2)cc1. The fraction of sp³-hybridized carbons (Fsp3) is 0.625. The van der Waals surface area contributed by atoms with Crippen molar-refractivity contribution >= 4 is 11.8 Å². The molecular weight excluding hydrogens is 252 g/mol. The van der Waals surface area contributed by atoms with E-state index >= 15 is 0 Å². The van der Waals surface area contributed by atoms with E-state index in [0.29, 0.717) is 6.04 Å². The third kappa shape index (κ3) is 3.98. The van der Waals surface area contributed by atoms with Gasteiger partial charge in [0, 0.05) is 37.5 Å². The highest BCUT2D eigenvalue weighted by Gasteiger charge is 2.23. The van der Waals surface area contributed by atoms with E-state index in [2.05, 4.69) is 52.3 Å². The molecule has 0 saturated carbocycles. The van der Waals surface area contributed by atoms with Crippen molar-refractivity contribution in [2.24, 2.45) is 0 Å². The molecule has 1 N–H and O–H groups in total. The van der Waals surface area contributed by atoms with Crippen LogP contribution in [-0.4, -0.2) is 41.6 Å². The molecule has 0 aromatic heterocycles. The Morgan fingerprint density at radius 1 is 1.21 bits per heavy atom. The third-order valence-corrected chi connectivity index (χ3v) is 5.58. The first kappa shape index (κ1) is 13.5. The van der Waals surface area contributed by atoms with E-state index in [-0.39, 0.29) is 0 Å². The Labute approximate surface area is 121 Å². The van der Waals surface area contributed by atoms with Crippen LogP contribution in [0.2, 0.25) is 0 Å². The Balaban J connectivity index is 1.40. The quantitative estimate of drug-likeness (QED) is 0.890. The number of hydrogen-bond donors (Lipinski definition) is 1. The van der Waals surface area contributed by atoms with E-state index in [1.807, 2.05) is 0 Å². The van der Waals surface area contributed by atoms with Crippen LogP contribution in [-0.2, 0) is 6.54 Å². The van der Waals surface area contributed by atoms with Crippen molar-refractivity contribution in [3.05, 3.63) is 35.9 Å². The zero-order valence-corrected chi connectivity index (χ0v) is 12.4. The van der Waals surface area contributed by atoms with Crippen molar-refractivity contribution in [2.75, 3.05) is 25.4 Å². The molecule has 2 aliphatic rings. The Kier molecular flexibility index (Phi) is 4.81. The molecule has 2 heterocycles. The highest BCUT2D eigenvalue weighted by atomic mass is 32.2. The molecule has 1 aromatic carbocycles. The van der Waals surface area contributed by atoms with Crippen molar-refractivity contribution in [3.8, 4) is 0 Å². The van der Waals surface area contributed by atoms with E-state index in [0.717, 1.165) is 11.8 Å². The minimum atomic E-state index is 0.713. The van der Waals surface area contributed by atoms with Crippen LogP contribution in [0.3, 0.4) is 0 Å². The smallest absolute Gasteiger partial charge is 0.0234 e. The third-order valence-electron chi connectivity index (χ3n) is 4.18. The maximum atomic E-state index is 3.78. The van der Waals surface area contributed by atoms with Crippen molar-refractivity contribution in [3.63, 3.8) is 0 Å². The molecule has 2 saturated heterocycles. The first-order valence-electron chi connectivity index (χ1n) is 7.51. The second-order valence-electron chi connectivity index (χ2n) is 5.75. The van der Waals surface area contributed by atoms with Crippen molar-refractivity contribution in [1.29, 1.82) is 0 Å². The summed E-state index contributed by atoms with van der Waals surface area (Å²) < 4.78 is 0. The molecule has 2 atom stereocenters. The van der Waals surface area contributed by atoms with Gasteiger partial charge in [0.25, 0.3) is 0 Å². The van der Waals surface area contributed by atoms with Crippen LogP contribution in [0.4, 0.5) is 0 Å². The molecule has 3 heteroatoms. The molecule has 0 aliphatic carbocycles. The van der Waals surface area contributed by atoms with E-state index in [9.17, 15) is 0 Å². The fourth-order valence-corrected chi connectivity index (χ4v) is 4.30. The monoisotopic (exact) mass is 276 g/mol. The summed E-state index contributed by atoms with van der Waals surface area (Å²) in [7, 11) is 0. The summed E-state index contributed by atoms with van der Waals surface area (Å²) in [5.41, 5.74) is 1.44. The molecule has 0 amide bonds. The summed E-state index contributed by atoms with van der Waals surface area (Å²) in [6, 6.07) is 11.5. The van der Waals surface area contributed by atoms with Gasteiger partial charge in [0.1, 0.15) is 0 Å².